The van der Waals surface area contributed by atoms with E-state index in [9.17, 15) is 4.79 Å². The summed E-state index contributed by atoms with van der Waals surface area (Å²) in [4.78, 5) is 18.0. The summed E-state index contributed by atoms with van der Waals surface area (Å²) in [5.41, 5.74) is 5.65. The molecule has 2 aliphatic carbocycles. The highest BCUT2D eigenvalue weighted by Crippen LogP contribution is 2.48. The van der Waals surface area contributed by atoms with Crippen molar-refractivity contribution in [1.82, 2.24) is 10.2 Å². The molecule has 1 N–H and O–H groups in total. The molecule has 2 saturated heterocycles. The molecule has 2 fully saturated rings. The van der Waals surface area contributed by atoms with Crippen molar-refractivity contribution < 1.29 is 4.79 Å². The fraction of sp³-hybridized carbons (Fsp3) is 0.500. The second kappa shape index (κ2) is 8.14. The number of rotatable bonds is 2. The molecule has 0 saturated carbocycles. The van der Waals surface area contributed by atoms with Gasteiger partial charge in [-0.15, -0.1) is 12.4 Å². The highest BCUT2D eigenvalue weighted by atomic mass is 35.5. The van der Waals surface area contributed by atoms with E-state index in [0.29, 0.717) is 12.7 Å². The molecule has 0 bridgehead atoms. The van der Waals surface area contributed by atoms with Crippen LogP contribution in [-0.4, -0.2) is 36.1 Å². The van der Waals surface area contributed by atoms with Crippen molar-refractivity contribution in [3.63, 3.8) is 0 Å². The van der Waals surface area contributed by atoms with Gasteiger partial charge in [0, 0.05) is 24.8 Å². The maximum absolute atomic E-state index is 13.0. The van der Waals surface area contributed by atoms with Gasteiger partial charge in [-0.3, -0.25) is 9.69 Å². The Kier molecular flexibility index (Phi) is 5.47. The number of benzene rings is 2. The molecular weight excluding hydrogens is 406 g/mol. The fourth-order valence-corrected chi connectivity index (χ4v) is 6.74. The molecule has 164 valence electrons. The lowest BCUT2D eigenvalue weighted by Gasteiger charge is -2.47. The molecule has 4 nitrogen and oxygen atoms in total. The van der Waals surface area contributed by atoms with E-state index in [1.54, 1.807) is 16.7 Å². The number of halogens is 1. The molecule has 31 heavy (non-hydrogen) atoms. The molecule has 5 heteroatoms. The van der Waals surface area contributed by atoms with Crippen molar-refractivity contribution in [1.29, 1.82) is 0 Å². The molecule has 0 unspecified atom stereocenters. The van der Waals surface area contributed by atoms with Crippen LogP contribution in [0.3, 0.4) is 0 Å². The average molecular weight is 438 g/mol. The summed E-state index contributed by atoms with van der Waals surface area (Å²) in [7, 11) is 0. The Hall–Kier alpha value is -2.04. The molecule has 1 amide bonds. The van der Waals surface area contributed by atoms with E-state index in [1.807, 2.05) is 6.07 Å². The Morgan fingerprint density at radius 3 is 2.55 bits per heavy atom. The van der Waals surface area contributed by atoms with Crippen LogP contribution in [0.2, 0.25) is 0 Å². The first-order valence-corrected chi connectivity index (χ1v) is 11.7. The lowest BCUT2D eigenvalue weighted by molar-refractivity contribution is -0.125. The first kappa shape index (κ1) is 20.8. The average Bonchev–Trinajstić information content (AvgIpc) is 3.11. The summed E-state index contributed by atoms with van der Waals surface area (Å²) in [5, 5.41) is 3.14. The molecular formula is C26H32ClN3O. The van der Waals surface area contributed by atoms with Gasteiger partial charge in [0.2, 0.25) is 5.91 Å². The molecule has 2 atom stereocenters. The number of carbonyl (C=O) groups excluding carboxylic acids is 1. The Morgan fingerprint density at radius 1 is 0.935 bits per heavy atom. The molecule has 0 aromatic heterocycles. The third-order valence-corrected chi connectivity index (χ3v) is 8.26. The highest BCUT2D eigenvalue weighted by molar-refractivity contribution is 5.93. The van der Waals surface area contributed by atoms with Crippen molar-refractivity contribution in [3.8, 4) is 0 Å². The molecule has 4 aliphatic rings. The van der Waals surface area contributed by atoms with E-state index >= 15 is 0 Å². The maximum atomic E-state index is 13.0. The van der Waals surface area contributed by atoms with Crippen LogP contribution in [0, 0.1) is 0 Å². The maximum Gasteiger partial charge on any atom is 0.247 e. The van der Waals surface area contributed by atoms with Crippen LogP contribution in [0.25, 0.3) is 0 Å². The number of amides is 1. The van der Waals surface area contributed by atoms with E-state index in [-0.39, 0.29) is 23.9 Å². The molecule has 2 aliphatic heterocycles. The van der Waals surface area contributed by atoms with Gasteiger partial charge in [0.1, 0.15) is 5.54 Å². The van der Waals surface area contributed by atoms with Crippen molar-refractivity contribution in [2.75, 3.05) is 24.7 Å². The Bertz CT molecular complexity index is 954. The zero-order chi connectivity index (χ0) is 20.1. The van der Waals surface area contributed by atoms with Gasteiger partial charge in [-0.05, 0) is 79.7 Å². The van der Waals surface area contributed by atoms with Gasteiger partial charge in [-0.2, -0.15) is 0 Å². The third-order valence-electron chi connectivity index (χ3n) is 8.26. The van der Waals surface area contributed by atoms with Crippen LogP contribution in [0.15, 0.2) is 48.5 Å². The van der Waals surface area contributed by atoms with Crippen molar-refractivity contribution >= 4 is 24.0 Å². The largest absolute Gasteiger partial charge is 0.339 e. The van der Waals surface area contributed by atoms with Gasteiger partial charge < -0.3 is 10.2 Å². The van der Waals surface area contributed by atoms with E-state index < -0.39 is 0 Å². The first-order chi connectivity index (χ1) is 14.8. The van der Waals surface area contributed by atoms with E-state index in [1.165, 1.54) is 32.1 Å². The predicted molar refractivity (Wildman–Crippen MR) is 127 cm³/mol. The van der Waals surface area contributed by atoms with Crippen molar-refractivity contribution in [2.24, 2.45) is 0 Å². The molecule has 2 heterocycles. The number of piperidine rings is 1. The monoisotopic (exact) mass is 437 g/mol. The first-order valence-electron chi connectivity index (χ1n) is 11.7. The van der Waals surface area contributed by atoms with Gasteiger partial charge in [0.05, 0.1) is 6.67 Å². The van der Waals surface area contributed by atoms with E-state index in [2.05, 4.69) is 57.6 Å². The number of para-hydroxylation sites is 1. The summed E-state index contributed by atoms with van der Waals surface area (Å²) >= 11 is 0. The molecule has 2 aromatic carbocycles. The second-order valence-corrected chi connectivity index (χ2v) is 9.60. The van der Waals surface area contributed by atoms with Crippen LogP contribution >= 0.6 is 12.4 Å². The number of aryl methyl sites for hydroxylation is 1. The van der Waals surface area contributed by atoms with Gasteiger partial charge in [-0.25, -0.2) is 0 Å². The van der Waals surface area contributed by atoms with Gasteiger partial charge in [0.25, 0.3) is 0 Å². The number of hydrogen-bond donors (Lipinski definition) is 1. The predicted octanol–water partition coefficient (Wildman–Crippen LogP) is 4.79. The summed E-state index contributed by atoms with van der Waals surface area (Å²) in [6, 6.07) is 18.0. The van der Waals surface area contributed by atoms with Crippen molar-refractivity contribution in [2.45, 2.75) is 62.4 Å². The van der Waals surface area contributed by atoms with Gasteiger partial charge in [0.15, 0.2) is 0 Å². The minimum Gasteiger partial charge on any atom is -0.339 e. The van der Waals surface area contributed by atoms with Crippen LogP contribution in [0.4, 0.5) is 5.69 Å². The number of hydrogen-bond acceptors (Lipinski definition) is 3. The normalized spacial score (nSPS) is 26.8. The number of likely N-dealkylation sites (tertiary alicyclic amines) is 1. The SMILES string of the molecule is Cl.O=C1NCN(c2ccccc2)C12CCN([C@H]1CC[C@@H]3CCCc4cccc1c43)CC2. The standard InChI is InChI=1S/C26H31N3O.ClH/c30-25-26(29(18-27-25)21-9-2-1-3-10-21)14-16-28(17-15-26)23-13-12-20-7-4-6-19-8-5-11-22(23)24(19)20;/h1-3,5,8-11,20,23H,4,6-7,12-18H2,(H,27,30);1H/t20-,23-;/m0./s1. The molecule has 6 rings (SSSR count). The minimum absolute atomic E-state index is 0. The van der Waals surface area contributed by atoms with Crippen LogP contribution < -0.4 is 10.2 Å². The third kappa shape index (κ3) is 3.27. The van der Waals surface area contributed by atoms with E-state index in [0.717, 1.165) is 37.5 Å². The Labute approximate surface area is 191 Å². The second-order valence-electron chi connectivity index (χ2n) is 9.60. The van der Waals surface area contributed by atoms with Crippen LogP contribution in [0.5, 0.6) is 0 Å². The van der Waals surface area contributed by atoms with Crippen molar-refractivity contribution in [3.05, 3.63) is 65.2 Å². The topological polar surface area (TPSA) is 35.6 Å². The highest BCUT2D eigenvalue weighted by Gasteiger charge is 2.51. The number of anilines is 1. The van der Waals surface area contributed by atoms with Crippen LogP contribution in [-0.2, 0) is 11.2 Å². The Balaban J connectivity index is 0.00000204. The summed E-state index contributed by atoms with van der Waals surface area (Å²) in [6.45, 7) is 2.62. The van der Waals surface area contributed by atoms with E-state index in [4.69, 9.17) is 0 Å². The number of carbonyl (C=O) groups is 1. The lowest BCUT2D eigenvalue weighted by atomic mass is 9.71. The van der Waals surface area contributed by atoms with Crippen LogP contribution in [0.1, 0.15) is 67.2 Å². The number of nitrogens with zero attached hydrogens (tertiary/aromatic N) is 2. The smallest absolute Gasteiger partial charge is 0.247 e. The fourth-order valence-electron chi connectivity index (χ4n) is 6.74. The summed E-state index contributed by atoms with van der Waals surface area (Å²) < 4.78 is 0. The lowest BCUT2D eigenvalue weighted by Crippen LogP contribution is -2.57. The van der Waals surface area contributed by atoms with Gasteiger partial charge in [-0.1, -0.05) is 36.4 Å². The summed E-state index contributed by atoms with van der Waals surface area (Å²) in [5.74, 6) is 0.998. The quantitative estimate of drug-likeness (QED) is 0.733. The minimum atomic E-state index is -0.384. The summed E-state index contributed by atoms with van der Waals surface area (Å²) in [6.07, 6.45) is 8.37. The van der Waals surface area contributed by atoms with Gasteiger partial charge >= 0.3 is 0 Å². The zero-order valence-electron chi connectivity index (χ0n) is 18.1. The number of nitrogens with one attached hydrogen (secondary N) is 1. The molecule has 0 radical (unpaired) electrons. The zero-order valence-corrected chi connectivity index (χ0v) is 18.9. The Morgan fingerprint density at radius 2 is 1.74 bits per heavy atom. The molecule has 2 aromatic rings. The molecule has 1 spiro atoms.